The third-order valence-electron chi connectivity index (χ3n) is 5.94. The molecule has 2 aromatic carbocycles. The second-order valence-corrected chi connectivity index (χ2v) is 9.64. The maximum absolute atomic E-state index is 13.2. The van der Waals surface area contributed by atoms with Gasteiger partial charge in [-0.05, 0) is 68.5 Å². The van der Waals surface area contributed by atoms with Crippen molar-refractivity contribution < 1.29 is 14.3 Å². The number of amides is 2. The molecule has 0 aliphatic heterocycles. The van der Waals surface area contributed by atoms with Crippen LogP contribution in [0.2, 0.25) is 5.02 Å². The van der Waals surface area contributed by atoms with Gasteiger partial charge in [-0.15, -0.1) is 0 Å². The van der Waals surface area contributed by atoms with Gasteiger partial charge in [0.1, 0.15) is 11.8 Å². The number of carbonyl (C=O) groups is 2. The summed E-state index contributed by atoms with van der Waals surface area (Å²) in [4.78, 5) is 27.7. The molecule has 3 rings (SSSR count). The molecule has 1 N–H and O–H groups in total. The number of benzene rings is 2. The fourth-order valence-corrected chi connectivity index (χ4v) is 4.43. The molecule has 2 aromatic rings. The van der Waals surface area contributed by atoms with Gasteiger partial charge in [0.2, 0.25) is 5.91 Å². The minimum absolute atomic E-state index is 0.146. The molecule has 0 heterocycles. The van der Waals surface area contributed by atoms with Crippen LogP contribution in [-0.4, -0.2) is 35.4 Å². The number of rotatable bonds is 8. The summed E-state index contributed by atoms with van der Waals surface area (Å²) < 4.78 is 6.84. The molecule has 172 valence electrons. The second kappa shape index (κ2) is 11.2. The van der Waals surface area contributed by atoms with Crippen molar-refractivity contribution in [2.75, 3.05) is 6.61 Å². The van der Waals surface area contributed by atoms with E-state index in [2.05, 4.69) is 21.2 Å². The third kappa shape index (κ3) is 6.26. The molecular weight excluding hydrogens is 492 g/mol. The number of carbonyl (C=O) groups excluding carboxylic acids is 2. The zero-order valence-corrected chi connectivity index (χ0v) is 21.1. The highest BCUT2D eigenvalue weighted by molar-refractivity contribution is 9.10. The largest absolute Gasteiger partial charge is 0.484 e. The fourth-order valence-electron chi connectivity index (χ4n) is 4.00. The summed E-state index contributed by atoms with van der Waals surface area (Å²) in [6.45, 7) is 5.79. The van der Waals surface area contributed by atoms with Gasteiger partial charge in [-0.1, -0.05) is 58.6 Å². The molecule has 2 amide bonds. The average molecular weight is 522 g/mol. The average Bonchev–Trinajstić information content (AvgIpc) is 3.27. The predicted octanol–water partition coefficient (Wildman–Crippen LogP) is 5.57. The molecule has 1 fully saturated rings. The molecule has 0 bridgehead atoms. The first kappa shape index (κ1) is 24.6. The van der Waals surface area contributed by atoms with Crippen molar-refractivity contribution in [2.24, 2.45) is 0 Å². The number of hydrogen-bond donors (Lipinski definition) is 1. The topological polar surface area (TPSA) is 58.6 Å². The highest BCUT2D eigenvalue weighted by atomic mass is 79.9. The molecule has 1 saturated carbocycles. The lowest BCUT2D eigenvalue weighted by atomic mass is 10.1. The van der Waals surface area contributed by atoms with Crippen molar-refractivity contribution in [3.05, 3.63) is 62.6 Å². The number of nitrogens with one attached hydrogen (secondary N) is 1. The Labute approximate surface area is 203 Å². The van der Waals surface area contributed by atoms with Crippen LogP contribution in [-0.2, 0) is 16.1 Å². The summed E-state index contributed by atoms with van der Waals surface area (Å²) in [5.41, 5.74) is 2.85. The molecule has 0 aromatic heterocycles. The van der Waals surface area contributed by atoms with Crippen LogP contribution in [0, 0.1) is 13.8 Å². The Balaban J connectivity index is 1.75. The standard InChI is InChI=1S/C25H30BrClN2O3/c1-16-12-21(13-17(2)24(16)26)32-15-23(30)29(14-19-8-4-7-11-22(19)27)18(3)25(31)28-20-9-5-6-10-20/h4,7-8,11-13,18,20H,5-6,9-10,14-15H2,1-3H3,(H,28,31)/t18-/m0/s1. The maximum atomic E-state index is 13.2. The van der Waals surface area contributed by atoms with E-state index in [4.69, 9.17) is 16.3 Å². The van der Waals surface area contributed by atoms with Gasteiger partial charge >= 0.3 is 0 Å². The van der Waals surface area contributed by atoms with Crippen molar-refractivity contribution in [1.82, 2.24) is 10.2 Å². The first-order valence-corrected chi connectivity index (χ1v) is 12.2. The Hall–Kier alpha value is -2.05. The van der Waals surface area contributed by atoms with Crippen molar-refractivity contribution in [1.29, 1.82) is 0 Å². The number of nitrogens with zero attached hydrogens (tertiary/aromatic N) is 1. The molecule has 32 heavy (non-hydrogen) atoms. The molecule has 1 aliphatic rings. The van der Waals surface area contributed by atoms with Gasteiger partial charge in [0.05, 0.1) is 0 Å². The van der Waals surface area contributed by atoms with Crippen LogP contribution in [0.25, 0.3) is 0 Å². The van der Waals surface area contributed by atoms with Gasteiger partial charge in [-0.2, -0.15) is 0 Å². The van der Waals surface area contributed by atoms with Gasteiger partial charge < -0.3 is 15.0 Å². The molecule has 7 heteroatoms. The van der Waals surface area contributed by atoms with E-state index in [0.29, 0.717) is 10.8 Å². The van der Waals surface area contributed by atoms with E-state index in [1.165, 1.54) is 0 Å². The molecule has 0 saturated heterocycles. The summed E-state index contributed by atoms with van der Waals surface area (Å²) in [5.74, 6) is 0.210. The van der Waals surface area contributed by atoms with Crippen LogP contribution in [0.4, 0.5) is 0 Å². The maximum Gasteiger partial charge on any atom is 0.261 e. The lowest BCUT2D eigenvalue weighted by Gasteiger charge is -2.30. The zero-order valence-electron chi connectivity index (χ0n) is 18.8. The fraction of sp³-hybridized carbons (Fsp3) is 0.440. The van der Waals surface area contributed by atoms with Gasteiger partial charge in [0.15, 0.2) is 6.61 Å². The number of aryl methyl sites for hydroxylation is 2. The summed E-state index contributed by atoms with van der Waals surface area (Å²) in [6.07, 6.45) is 4.23. The van der Waals surface area contributed by atoms with Crippen LogP contribution >= 0.6 is 27.5 Å². The van der Waals surface area contributed by atoms with Crippen LogP contribution < -0.4 is 10.1 Å². The molecule has 0 spiro atoms. The van der Waals surface area contributed by atoms with E-state index < -0.39 is 6.04 Å². The van der Waals surface area contributed by atoms with Gasteiger partial charge in [0, 0.05) is 22.1 Å². The zero-order chi connectivity index (χ0) is 23.3. The smallest absolute Gasteiger partial charge is 0.261 e. The van der Waals surface area contributed by atoms with E-state index in [1.807, 2.05) is 44.2 Å². The van der Waals surface area contributed by atoms with Gasteiger partial charge in [-0.3, -0.25) is 9.59 Å². The quantitative estimate of drug-likeness (QED) is 0.494. The van der Waals surface area contributed by atoms with E-state index >= 15 is 0 Å². The predicted molar refractivity (Wildman–Crippen MR) is 131 cm³/mol. The van der Waals surface area contributed by atoms with Crippen LogP contribution in [0.15, 0.2) is 40.9 Å². The normalized spacial score (nSPS) is 14.8. The van der Waals surface area contributed by atoms with Crippen molar-refractivity contribution in [3.8, 4) is 5.75 Å². The lowest BCUT2D eigenvalue weighted by Crippen LogP contribution is -2.50. The first-order valence-electron chi connectivity index (χ1n) is 11.0. The highest BCUT2D eigenvalue weighted by Crippen LogP contribution is 2.26. The lowest BCUT2D eigenvalue weighted by molar-refractivity contribution is -0.142. The third-order valence-corrected chi connectivity index (χ3v) is 7.56. The Morgan fingerprint density at radius 3 is 2.44 bits per heavy atom. The molecule has 5 nitrogen and oxygen atoms in total. The highest BCUT2D eigenvalue weighted by Gasteiger charge is 2.29. The van der Waals surface area contributed by atoms with Gasteiger partial charge in [0.25, 0.3) is 5.91 Å². The van der Waals surface area contributed by atoms with Gasteiger partial charge in [-0.25, -0.2) is 0 Å². The summed E-state index contributed by atoms with van der Waals surface area (Å²) in [6, 6.07) is 10.7. The van der Waals surface area contributed by atoms with Crippen LogP contribution in [0.5, 0.6) is 5.75 Å². The van der Waals surface area contributed by atoms with Crippen molar-refractivity contribution in [2.45, 2.75) is 65.1 Å². The molecule has 1 aliphatic carbocycles. The summed E-state index contributed by atoms with van der Waals surface area (Å²) >= 11 is 9.89. The number of hydrogen-bond acceptors (Lipinski definition) is 3. The first-order chi connectivity index (χ1) is 15.3. The second-order valence-electron chi connectivity index (χ2n) is 8.44. The molecule has 0 unspecified atom stereocenters. The Kier molecular flexibility index (Phi) is 8.60. The Morgan fingerprint density at radius 1 is 1.19 bits per heavy atom. The Morgan fingerprint density at radius 2 is 1.81 bits per heavy atom. The number of halogens is 2. The summed E-state index contributed by atoms with van der Waals surface area (Å²) in [5, 5.41) is 3.66. The van der Waals surface area contributed by atoms with Crippen LogP contribution in [0.1, 0.15) is 49.3 Å². The Bertz CT molecular complexity index is 952. The SMILES string of the molecule is Cc1cc(OCC(=O)N(Cc2ccccc2Cl)[C@@H](C)C(=O)NC2CCCC2)cc(C)c1Br. The van der Waals surface area contributed by atoms with Crippen molar-refractivity contribution in [3.63, 3.8) is 0 Å². The van der Waals surface area contributed by atoms with E-state index in [9.17, 15) is 9.59 Å². The van der Waals surface area contributed by atoms with E-state index in [0.717, 1.165) is 46.8 Å². The number of ether oxygens (including phenoxy) is 1. The monoisotopic (exact) mass is 520 g/mol. The van der Waals surface area contributed by atoms with E-state index in [1.54, 1.807) is 17.9 Å². The minimum Gasteiger partial charge on any atom is -0.484 e. The molecule has 1 atom stereocenters. The summed E-state index contributed by atoms with van der Waals surface area (Å²) in [7, 11) is 0. The minimum atomic E-state index is -0.642. The van der Waals surface area contributed by atoms with E-state index in [-0.39, 0.29) is 31.0 Å². The molecular formula is C25H30BrClN2O3. The van der Waals surface area contributed by atoms with Crippen molar-refractivity contribution >= 4 is 39.3 Å². The molecule has 0 radical (unpaired) electrons. The van der Waals surface area contributed by atoms with Crippen LogP contribution in [0.3, 0.4) is 0 Å².